The third-order valence-corrected chi connectivity index (χ3v) is 3.55. The molecular weight excluding hydrogens is 286 g/mol. The summed E-state index contributed by atoms with van der Waals surface area (Å²) < 4.78 is 30.8. The van der Waals surface area contributed by atoms with Gasteiger partial charge in [0.05, 0.1) is 29.7 Å². The van der Waals surface area contributed by atoms with Gasteiger partial charge in [-0.1, -0.05) is 0 Å². The lowest BCUT2D eigenvalue weighted by molar-refractivity contribution is 0.0696. The van der Waals surface area contributed by atoms with Crippen molar-refractivity contribution >= 4 is 21.7 Å². The highest BCUT2D eigenvalue weighted by atomic mass is 32.2. The van der Waals surface area contributed by atoms with Crippen LogP contribution in [0.4, 0.5) is 5.69 Å². The SMILES string of the molecule is CC(C)OCCS(=O)(=O)Nc1ccc(C(=O)O)cc1O. The van der Waals surface area contributed by atoms with Gasteiger partial charge in [-0.15, -0.1) is 0 Å². The van der Waals surface area contributed by atoms with Crippen LogP contribution in [0.1, 0.15) is 24.2 Å². The maximum atomic E-state index is 11.7. The van der Waals surface area contributed by atoms with E-state index in [4.69, 9.17) is 9.84 Å². The first-order valence-corrected chi connectivity index (χ1v) is 7.55. The van der Waals surface area contributed by atoms with Gasteiger partial charge in [0.25, 0.3) is 0 Å². The normalized spacial score (nSPS) is 11.6. The Labute approximate surface area is 117 Å². The quantitative estimate of drug-likeness (QED) is 0.653. The summed E-state index contributed by atoms with van der Waals surface area (Å²) in [6.45, 7) is 3.61. The molecule has 1 aromatic rings. The predicted molar refractivity (Wildman–Crippen MR) is 73.6 cm³/mol. The van der Waals surface area contributed by atoms with Gasteiger partial charge in [-0.05, 0) is 32.0 Å². The molecular formula is C12H17NO6S. The van der Waals surface area contributed by atoms with Crippen LogP contribution in [0.25, 0.3) is 0 Å². The Bertz CT molecular complexity index is 582. The number of carbonyl (C=O) groups is 1. The number of carboxylic acids is 1. The average molecular weight is 303 g/mol. The summed E-state index contributed by atoms with van der Waals surface area (Å²) in [5.41, 5.74) is -0.201. The fraction of sp³-hybridized carbons (Fsp3) is 0.417. The number of phenolic OH excluding ortho intramolecular Hbond substituents is 1. The van der Waals surface area contributed by atoms with Gasteiger partial charge in [0.1, 0.15) is 5.75 Å². The Balaban J connectivity index is 2.75. The molecule has 0 fully saturated rings. The number of aromatic carboxylic acids is 1. The third-order valence-electron chi connectivity index (χ3n) is 2.31. The van der Waals surface area contributed by atoms with Crippen molar-refractivity contribution in [1.82, 2.24) is 0 Å². The molecule has 112 valence electrons. The predicted octanol–water partition coefficient (Wildman–Crippen LogP) is 1.26. The van der Waals surface area contributed by atoms with Gasteiger partial charge in [0.15, 0.2) is 0 Å². The van der Waals surface area contributed by atoms with Crippen LogP contribution in [-0.2, 0) is 14.8 Å². The number of anilines is 1. The van der Waals surface area contributed by atoms with Crippen molar-refractivity contribution in [3.8, 4) is 5.75 Å². The molecule has 0 spiro atoms. The largest absolute Gasteiger partial charge is 0.506 e. The van der Waals surface area contributed by atoms with Crippen LogP contribution in [0.5, 0.6) is 5.75 Å². The number of aromatic hydroxyl groups is 1. The van der Waals surface area contributed by atoms with Crippen LogP contribution < -0.4 is 4.72 Å². The zero-order valence-corrected chi connectivity index (χ0v) is 12.0. The third kappa shape index (κ3) is 5.06. The van der Waals surface area contributed by atoms with Crippen molar-refractivity contribution in [3.63, 3.8) is 0 Å². The smallest absolute Gasteiger partial charge is 0.335 e. The Morgan fingerprint density at radius 2 is 2.05 bits per heavy atom. The molecule has 20 heavy (non-hydrogen) atoms. The minimum absolute atomic E-state index is 0.0287. The molecule has 0 amide bonds. The summed E-state index contributed by atoms with van der Waals surface area (Å²) in [7, 11) is -3.67. The number of hydrogen-bond acceptors (Lipinski definition) is 5. The Kier molecular flexibility index (Phi) is 5.34. The highest BCUT2D eigenvalue weighted by Crippen LogP contribution is 2.25. The van der Waals surface area contributed by atoms with Crippen LogP contribution in [0.15, 0.2) is 18.2 Å². The standard InChI is InChI=1S/C12H17NO6S/c1-8(2)19-5-6-20(17,18)13-10-4-3-9(12(15)16)7-11(10)14/h3-4,7-8,13-14H,5-6H2,1-2H3,(H,15,16). The number of benzene rings is 1. The van der Waals surface area contributed by atoms with Crippen molar-refractivity contribution in [1.29, 1.82) is 0 Å². The fourth-order valence-electron chi connectivity index (χ4n) is 1.36. The zero-order valence-electron chi connectivity index (χ0n) is 11.2. The maximum absolute atomic E-state index is 11.7. The van der Waals surface area contributed by atoms with E-state index in [-0.39, 0.29) is 29.7 Å². The maximum Gasteiger partial charge on any atom is 0.335 e. The summed E-state index contributed by atoms with van der Waals surface area (Å²) >= 11 is 0. The number of ether oxygens (including phenoxy) is 1. The first kappa shape index (κ1) is 16.3. The Morgan fingerprint density at radius 3 is 2.55 bits per heavy atom. The van der Waals surface area contributed by atoms with Gasteiger partial charge in [-0.3, -0.25) is 4.72 Å². The number of phenols is 1. The monoisotopic (exact) mass is 303 g/mol. The molecule has 0 aliphatic carbocycles. The van der Waals surface area contributed by atoms with E-state index in [0.29, 0.717) is 0 Å². The summed E-state index contributed by atoms with van der Waals surface area (Å²) in [5.74, 6) is -1.91. The first-order chi connectivity index (χ1) is 9.21. The highest BCUT2D eigenvalue weighted by molar-refractivity contribution is 7.92. The molecule has 0 atom stereocenters. The van der Waals surface area contributed by atoms with E-state index in [9.17, 15) is 18.3 Å². The molecule has 0 radical (unpaired) electrons. The number of carboxylic acid groups (broad SMARTS) is 1. The van der Waals surface area contributed by atoms with E-state index >= 15 is 0 Å². The van der Waals surface area contributed by atoms with Crippen LogP contribution in [0, 0.1) is 0 Å². The van der Waals surface area contributed by atoms with Crippen molar-refractivity contribution in [2.75, 3.05) is 17.1 Å². The number of nitrogens with one attached hydrogen (secondary N) is 1. The lowest BCUT2D eigenvalue weighted by Crippen LogP contribution is -2.21. The van der Waals surface area contributed by atoms with Crippen molar-refractivity contribution in [2.45, 2.75) is 20.0 Å². The Morgan fingerprint density at radius 1 is 1.40 bits per heavy atom. The van der Waals surface area contributed by atoms with Crippen molar-refractivity contribution in [2.24, 2.45) is 0 Å². The lowest BCUT2D eigenvalue weighted by Gasteiger charge is -2.11. The van der Waals surface area contributed by atoms with Gasteiger partial charge in [0, 0.05) is 0 Å². The van der Waals surface area contributed by atoms with E-state index in [1.54, 1.807) is 13.8 Å². The molecule has 1 aromatic carbocycles. The lowest BCUT2D eigenvalue weighted by atomic mass is 10.2. The van der Waals surface area contributed by atoms with E-state index < -0.39 is 21.7 Å². The Hall–Kier alpha value is -1.80. The van der Waals surface area contributed by atoms with Crippen LogP contribution in [0.3, 0.4) is 0 Å². The van der Waals surface area contributed by atoms with E-state index in [1.165, 1.54) is 12.1 Å². The zero-order chi connectivity index (χ0) is 15.3. The van der Waals surface area contributed by atoms with Crippen molar-refractivity contribution < 1.29 is 28.2 Å². The molecule has 8 heteroatoms. The molecule has 0 aromatic heterocycles. The van der Waals surface area contributed by atoms with E-state index in [2.05, 4.69) is 4.72 Å². The first-order valence-electron chi connectivity index (χ1n) is 5.89. The van der Waals surface area contributed by atoms with Crippen LogP contribution in [0.2, 0.25) is 0 Å². The van der Waals surface area contributed by atoms with Gasteiger partial charge in [-0.2, -0.15) is 0 Å². The molecule has 0 saturated carbocycles. The summed E-state index contributed by atoms with van der Waals surface area (Å²) in [5, 5.41) is 18.3. The minimum atomic E-state index is -3.67. The average Bonchev–Trinajstić information content (AvgIpc) is 2.30. The fourth-order valence-corrected chi connectivity index (χ4v) is 2.29. The molecule has 0 heterocycles. The molecule has 0 bridgehead atoms. The summed E-state index contributed by atoms with van der Waals surface area (Å²) in [4.78, 5) is 10.7. The van der Waals surface area contributed by atoms with E-state index in [0.717, 1.165) is 6.07 Å². The second-order valence-corrected chi connectivity index (χ2v) is 6.22. The van der Waals surface area contributed by atoms with Gasteiger partial charge in [-0.25, -0.2) is 13.2 Å². The topological polar surface area (TPSA) is 113 Å². The molecule has 0 aliphatic heterocycles. The molecule has 7 nitrogen and oxygen atoms in total. The van der Waals surface area contributed by atoms with E-state index in [1.807, 2.05) is 0 Å². The van der Waals surface area contributed by atoms with Crippen LogP contribution >= 0.6 is 0 Å². The number of hydrogen-bond donors (Lipinski definition) is 3. The van der Waals surface area contributed by atoms with Crippen LogP contribution in [-0.4, -0.2) is 43.1 Å². The highest BCUT2D eigenvalue weighted by Gasteiger charge is 2.14. The number of sulfonamides is 1. The molecule has 0 aliphatic rings. The van der Waals surface area contributed by atoms with Crippen molar-refractivity contribution in [3.05, 3.63) is 23.8 Å². The molecule has 1 rings (SSSR count). The number of rotatable bonds is 7. The second-order valence-electron chi connectivity index (χ2n) is 4.38. The van der Waals surface area contributed by atoms with Gasteiger partial charge < -0.3 is 14.9 Å². The van der Waals surface area contributed by atoms with Gasteiger partial charge in [0.2, 0.25) is 10.0 Å². The molecule has 3 N–H and O–H groups in total. The molecule has 0 saturated heterocycles. The minimum Gasteiger partial charge on any atom is -0.506 e. The summed E-state index contributed by atoms with van der Waals surface area (Å²) in [6, 6.07) is 3.37. The second kappa shape index (κ2) is 6.58. The summed E-state index contributed by atoms with van der Waals surface area (Å²) in [6.07, 6.45) is -0.0755. The molecule has 0 unspecified atom stereocenters. The van der Waals surface area contributed by atoms with Gasteiger partial charge >= 0.3 is 5.97 Å².